The summed E-state index contributed by atoms with van der Waals surface area (Å²) in [4.78, 5) is 13.2. The topological polar surface area (TPSA) is 51.8 Å². The first kappa shape index (κ1) is 26.3. The molecule has 4 heterocycles. The molecule has 1 atom stereocenters. The molecule has 3 saturated carbocycles. The minimum absolute atomic E-state index is 0. The molecule has 51 heavy (non-hydrogen) atoms. The van der Waals surface area contributed by atoms with Crippen LogP contribution in [0.3, 0.4) is 0 Å². The van der Waals surface area contributed by atoms with Crippen LogP contribution in [0, 0.1) is 49.5 Å². The molecule has 0 aliphatic heterocycles. The van der Waals surface area contributed by atoms with Gasteiger partial charge in [-0.25, -0.2) is 4.98 Å². The van der Waals surface area contributed by atoms with E-state index in [0.717, 1.165) is 41.3 Å². The Kier molecular flexibility index (Phi) is 8.09. The normalized spacial score (nSPS) is 22.4. The van der Waals surface area contributed by atoms with Gasteiger partial charge < -0.3 is 14.4 Å². The summed E-state index contributed by atoms with van der Waals surface area (Å²) in [6.07, 6.45) is 5.96. The Morgan fingerprint density at radius 3 is 2.51 bits per heavy atom. The van der Waals surface area contributed by atoms with Crippen molar-refractivity contribution in [3.63, 3.8) is 0 Å². The van der Waals surface area contributed by atoms with Crippen molar-refractivity contribution in [2.45, 2.75) is 92.0 Å². The van der Waals surface area contributed by atoms with Crippen molar-refractivity contribution in [3.8, 4) is 22.5 Å². The second-order valence-corrected chi connectivity index (χ2v) is 20.1. The number of pyridine rings is 3. The average Bonchev–Trinajstić information content (AvgIpc) is 3.59. The molecule has 9 rings (SSSR count). The molecule has 0 N–H and O–H groups in total. The van der Waals surface area contributed by atoms with Gasteiger partial charge in [-0.1, -0.05) is 87.4 Å². The van der Waals surface area contributed by atoms with Crippen LogP contribution in [0.2, 0.25) is 19.6 Å². The van der Waals surface area contributed by atoms with E-state index in [-0.39, 0.29) is 54.5 Å². The van der Waals surface area contributed by atoms with Gasteiger partial charge in [0.2, 0.25) is 5.71 Å². The van der Waals surface area contributed by atoms with Crippen molar-refractivity contribution in [3.05, 3.63) is 108 Å². The van der Waals surface area contributed by atoms with Gasteiger partial charge in [0.05, 0.1) is 13.7 Å². The fourth-order valence-electron chi connectivity index (χ4n) is 7.50. The maximum absolute atomic E-state index is 9.09. The largest absolute Gasteiger partial charge is 0.486 e. The summed E-state index contributed by atoms with van der Waals surface area (Å²) in [6, 6.07) is 23.5. The van der Waals surface area contributed by atoms with E-state index in [4.69, 9.17) is 18.1 Å². The molecule has 3 fully saturated rings. The van der Waals surface area contributed by atoms with Crippen LogP contribution in [0.25, 0.3) is 44.6 Å². The van der Waals surface area contributed by atoms with Gasteiger partial charge >= 0.3 is 0 Å². The molecule has 6 aromatic rings. The molecule has 4 nitrogen and oxygen atoms in total. The zero-order valence-electron chi connectivity index (χ0n) is 39.9. The van der Waals surface area contributed by atoms with E-state index < -0.39 is 34.5 Å². The standard InChI is InChI=1S/C27H27N2O.C18H24NSi.Ir/c1-16-3-9-22(26-25(16)23-10-4-17(2)29-27(23)30-26)24-15-19(11-12-28-24)14-21-13-18-5-7-20(21)8-6-18;1-14(2)11-16-12-17(15-9-7-6-8-10-15)19-13-18(16)20(3,4)5;/h3-4,10-12,15,18,20-21H,5-8,13-14H2,1-2H3;6-9,12-14H,11H2,1-5H3;/q2*-1;/i1D3,2D3,14D2;11D2;. The van der Waals surface area contributed by atoms with Crippen LogP contribution < -0.4 is 5.19 Å². The van der Waals surface area contributed by atoms with Crippen LogP contribution in [-0.2, 0) is 32.9 Å². The summed E-state index contributed by atoms with van der Waals surface area (Å²) < 4.78 is 88.5. The van der Waals surface area contributed by atoms with Crippen LogP contribution in [0.4, 0.5) is 0 Å². The molecule has 267 valence electrons. The molecular weight excluding hydrogens is 819 g/mol. The number of benzene rings is 2. The van der Waals surface area contributed by atoms with Crippen LogP contribution in [0.5, 0.6) is 0 Å². The zero-order chi connectivity index (χ0) is 43.6. The molecule has 3 aliphatic carbocycles. The maximum atomic E-state index is 9.09. The molecule has 0 amide bonds. The van der Waals surface area contributed by atoms with Gasteiger partial charge in [0, 0.05) is 57.3 Å². The van der Waals surface area contributed by atoms with Crippen molar-refractivity contribution in [1.29, 1.82) is 0 Å². The molecule has 2 aromatic carbocycles. The molecule has 3 aliphatic rings. The number of aryl methyl sites for hydroxylation is 2. The summed E-state index contributed by atoms with van der Waals surface area (Å²) in [7, 11) is -1.67. The van der Waals surface area contributed by atoms with Crippen LogP contribution in [0.15, 0.2) is 77.5 Å². The van der Waals surface area contributed by atoms with Crippen molar-refractivity contribution in [1.82, 2.24) is 15.0 Å². The quantitative estimate of drug-likeness (QED) is 0.118. The van der Waals surface area contributed by atoms with Crippen LogP contribution in [-0.4, -0.2) is 23.0 Å². The SMILES string of the molecule is [2H]C([2H])([2H])c1ccc2c(n1)oc1c(-c3cc(C([2H])([2H])C4CC5CCC4CC5)ccn3)[c-]cc(C([2H])([2H])[2H])c12.[2H]C([2H])(c1cc(-c2[c-]cccc2)ncc1[Si](C)(C)C)C(C)C.[Ir]. The van der Waals surface area contributed by atoms with E-state index in [1.807, 2.05) is 50.4 Å². The predicted octanol–water partition coefficient (Wildman–Crippen LogP) is 11.1. The number of hydrogen-bond donors (Lipinski definition) is 0. The monoisotopic (exact) mass is 880 g/mol. The minimum Gasteiger partial charge on any atom is -0.486 e. The summed E-state index contributed by atoms with van der Waals surface area (Å²) in [5.41, 5.74) is 3.88. The first-order chi connectivity index (χ1) is 28.0. The van der Waals surface area contributed by atoms with Gasteiger partial charge in [0.25, 0.3) is 0 Å². The number of hydrogen-bond acceptors (Lipinski definition) is 4. The third-order valence-corrected chi connectivity index (χ3v) is 12.0. The minimum atomic E-state index is -2.47. The second-order valence-electron chi connectivity index (χ2n) is 15.1. The van der Waals surface area contributed by atoms with Crippen molar-refractivity contribution in [2.75, 3.05) is 0 Å². The molecule has 1 radical (unpaired) electrons. The Balaban J connectivity index is 0.000000232. The van der Waals surface area contributed by atoms with E-state index in [9.17, 15) is 0 Å². The van der Waals surface area contributed by atoms with Gasteiger partial charge in [0.15, 0.2) is 0 Å². The Bertz CT molecular complexity index is 2510. The van der Waals surface area contributed by atoms with E-state index in [1.54, 1.807) is 18.3 Å². The Hall–Kier alpha value is -3.44. The maximum Gasteiger partial charge on any atom is 0.216 e. The van der Waals surface area contributed by atoms with Crippen LogP contribution in [0.1, 0.15) is 82.0 Å². The number of rotatable bonds is 7. The Morgan fingerprint density at radius 2 is 1.82 bits per heavy atom. The van der Waals surface area contributed by atoms with E-state index in [0.29, 0.717) is 39.4 Å². The molecule has 4 aromatic heterocycles. The Morgan fingerprint density at radius 1 is 0.980 bits per heavy atom. The predicted molar refractivity (Wildman–Crippen MR) is 210 cm³/mol. The number of aromatic nitrogens is 3. The van der Waals surface area contributed by atoms with E-state index in [1.165, 1.54) is 31.0 Å². The van der Waals surface area contributed by atoms with Gasteiger partial charge in [-0.3, -0.25) is 0 Å². The summed E-state index contributed by atoms with van der Waals surface area (Å²) in [5, 5.41) is 1.79. The van der Waals surface area contributed by atoms with E-state index in [2.05, 4.69) is 46.7 Å². The molecular formula is C45H51IrN3OSi-2. The number of nitrogens with zero attached hydrogens (tertiary/aromatic N) is 3. The average molecular weight is 880 g/mol. The van der Waals surface area contributed by atoms with Gasteiger partial charge in [-0.05, 0) is 97.3 Å². The molecule has 0 saturated heterocycles. The zero-order valence-corrected chi connectivity index (χ0v) is 33.3. The van der Waals surface area contributed by atoms with Gasteiger partial charge in [-0.15, -0.1) is 53.6 Å². The van der Waals surface area contributed by atoms with Crippen molar-refractivity contribution >= 4 is 35.3 Å². The van der Waals surface area contributed by atoms with Gasteiger partial charge in [-0.2, -0.15) is 0 Å². The van der Waals surface area contributed by atoms with Crippen LogP contribution >= 0.6 is 0 Å². The summed E-state index contributed by atoms with van der Waals surface area (Å²) >= 11 is 0. The van der Waals surface area contributed by atoms with Crippen molar-refractivity contribution in [2.24, 2.45) is 23.7 Å². The number of furan rings is 1. The first-order valence-corrected chi connectivity index (χ1v) is 21.2. The summed E-state index contributed by atoms with van der Waals surface area (Å²) in [5.74, 6) is 0.820. The summed E-state index contributed by atoms with van der Waals surface area (Å²) in [6.45, 7) is 5.65. The molecule has 2 bridgehead atoms. The van der Waals surface area contributed by atoms with Crippen molar-refractivity contribution < 1.29 is 38.2 Å². The van der Waals surface area contributed by atoms with E-state index >= 15 is 0 Å². The fraction of sp³-hybridized carbons (Fsp3) is 0.400. The smallest absolute Gasteiger partial charge is 0.216 e. The molecule has 6 heteroatoms. The second kappa shape index (κ2) is 15.7. The fourth-order valence-corrected chi connectivity index (χ4v) is 8.91. The van der Waals surface area contributed by atoms with Gasteiger partial charge in [0.1, 0.15) is 0 Å². The molecule has 1 unspecified atom stereocenters. The Labute approximate surface area is 333 Å². The molecule has 0 spiro atoms. The third-order valence-electron chi connectivity index (χ3n) is 9.97. The number of fused-ring (bicyclic) bond motifs is 6. The third kappa shape index (κ3) is 8.30. The first-order valence-electron chi connectivity index (χ1n) is 22.7.